The lowest BCUT2D eigenvalue weighted by Crippen LogP contribution is -2.21. The number of benzene rings is 2. The highest BCUT2D eigenvalue weighted by molar-refractivity contribution is 5.50. The maximum Gasteiger partial charge on any atom is 0.126 e. The second-order valence-electron chi connectivity index (χ2n) is 4.93. The summed E-state index contributed by atoms with van der Waals surface area (Å²) in [5.41, 5.74) is 1.82. The average Bonchev–Trinajstić information content (AvgIpc) is 2.49. The Labute approximate surface area is 125 Å². The van der Waals surface area contributed by atoms with Gasteiger partial charge in [0.1, 0.15) is 23.7 Å². The Morgan fingerprint density at radius 1 is 1.00 bits per heavy atom. The van der Waals surface area contributed by atoms with E-state index in [9.17, 15) is 10.2 Å². The van der Waals surface area contributed by atoms with Crippen LogP contribution in [0.15, 0.2) is 54.6 Å². The third kappa shape index (κ3) is 4.10. The number of aliphatic hydroxyl groups is 1. The topological polar surface area (TPSA) is 49.7 Å². The zero-order valence-electron chi connectivity index (χ0n) is 12.2. The average molecular weight is 284 g/mol. The number of ether oxygens (including phenoxy) is 1. The van der Waals surface area contributed by atoms with Gasteiger partial charge in [-0.1, -0.05) is 36.4 Å². The van der Waals surface area contributed by atoms with Crippen molar-refractivity contribution in [3.05, 3.63) is 65.7 Å². The summed E-state index contributed by atoms with van der Waals surface area (Å²) < 4.78 is 5.76. The van der Waals surface area contributed by atoms with Crippen LogP contribution in [0.1, 0.15) is 31.1 Å². The van der Waals surface area contributed by atoms with E-state index in [4.69, 9.17) is 4.74 Å². The van der Waals surface area contributed by atoms with Crippen LogP contribution in [0.3, 0.4) is 0 Å². The SMILES string of the molecule is CC=Cc1ccc(OC(C)C(O)c2ccc(O)cc2)cc1. The first-order valence-corrected chi connectivity index (χ1v) is 6.96. The van der Waals surface area contributed by atoms with Gasteiger partial charge < -0.3 is 14.9 Å². The summed E-state index contributed by atoms with van der Waals surface area (Å²) in [5.74, 6) is 0.896. The smallest absolute Gasteiger partial charge is 0.126 e. The lowest BCUT2D eigenvalue weighted by molar-refractivity contribution is 0.0467. The van der Waals surface area contributed by atoms with E-state index in [2.05, 4.69) is 0 Å². The Morgan fingerprint density at radius 2 is 1.62 bits per heavy atom. The molecule has 3 nitrogen and oxygen atoms in total. The Balaban J connectivity index is 2.02. The van der Waals surface area contributed by atoms with Gasteiger partial charge in [-0.25, -0.2) is 0 Å². The van der Waals surface area contributed by atoms with Gasteiger partial charge in [0.05, 0.1) is 0 Å². The Morgan fingerprint density at radius 3 is 2.19 bits per heavy atom. The van der Waals surface area contributed by atoms with Crippen molar-refractivity contribution in [1.29, 1.82) is 0 Å². The van der Waals surface area contributed by atoms with Crippen molar-refractivity contribution in [3.63, 3.8) is 0 Å². The third-order valence-corrected chi connectivity index (χ3v) is 3.24. The van der Waals surface area contributed by atoms with Crippen LogP contribution in [0.25, 0.3) is 6.08 Å². The molecular formula is C18H20O3. The normalized spacial score (nSPS) is 14.0. The van der Waals surface area contributed by atoms with Crippen LogP contribution in [0, 0.1) is 0 Å². The Kier molecular flexibility index (Phi) is 5.01. The minimum absolute atomic E-state index is 0.180. The van der Waals surface area contributed by atoms with Crippen LogP contribution in [0.2, 0.25) is 0 Å². The fourth-order valence-electron chi connectivity index (χ4n) is 2.07. The molecule has 110 valence electrons. The maximum absolute atomic E-state index is 10.3. The van der Waals surface area contributed by atoms with Gasteiger partial charge in [0.2, 0.25) is 0 Å². The summed E-state index contributed by atoms with van der Waals surface area (Å²) in [7, 11) is 0. The van der Waals surface area contributed by atoms with Crippen LogP contribution in [0.4, 0.5) is 0 Å². The van der Waals surface area contributed by atoms with Crippen molar-refractivity contribution in [3.8, 4) is 11.5 Å². The largest absolute Gasteiger partial charge is 0.508 e. The molecule has 0 aliphatic rings. The van der Waals surface area contributed by atoms with Crippen molar-refractivity contribution >= 4 is 6.08 Å². The molecule has 2 N–H and O–H groups in total. The van der Waals surface area contributed by atoms with E-state index < -0.39 is 6.10 Å². The molecule has 21 heavy (non-hydrogen) atoms. The van der Waals surface area contributed by atoms with E-state index in [1.807, 2.05) is 50.3 Å². The van der Waals surface area contributed by atoms with E-state index in [0.717, 1.165) is 5.56 Å². The highest BCUT2D eigenvalue weighted by atomic mass is 16.5. The van der Waals surface area contributed by atoms with Crippen molar-refractivity contribution in [2.24, 2.45) is 0 Å². The fraction of sp³-hybridized carbons (Fsp3) is 0.222. The van der Waals surface area contributed by atoms with E-state index in [1.54, 1.807) is 24.3 Å². The first kappa shape index (κ1) is 15.1. The molecule has 2 aromatic carbocycles. The Hall–Kier alpha value is -2.26. The first-order chi connectivity index (χ1) is 10.1. The zero-order chi connectivity index (χ0) is 15.2. The van der Waals surface area contributed by atoms with Crippen LogP contribution < -0.4 is 4.74 Å². The lowest BCUT2D eigenvalue weighted by Gasteiger charge is -2.21. The van der Waals surface area contributed by atoms with Gasteiger partial charge in [0, 0.05) is 0 Å². The van der Waals surface area contributed by atoms with Gasteiger partial charge in [-0.2, -0.15) is 0 Å². The van der Waals surface area contributed by atoms with E-state index >= 15 is 0 Å². The van der Waals surface area contributed by atoms with Crippen molar-refractivity contribution in [2.75, 3.05) is 0 Å². The lowest BCUT2D eigenvalue weighted by atomic mass is 10.1. The summed E-state index contributed by atoms with van der Waals surface area (Å²) in [4.78, 5) is 0. The summed E-state index contributed by atoms with van der Waals surface area (Å²) in [6, 6.07) is 14.2. The second-order valence-corrected chi connectivity index (χ2v) is 4.93. The standard InChI is InChI=1S/C18H20O3/c1-3-4-14-5-11-17(12-6-14)21-13(2)18(20)15-7-9-16(19)10-8-15/h3-13,18-20H,1-2H3. The van der Waals surface area contributed by atoms with E-state index in [1.165, 1.54) is 0 Å². The van der Waals surface area contributed by atoms with E-state index in [-0.39, 0.29) is 11.9 Å². The molecule has 0 aromatic heterocycles. The molecule has 2 unspecified atom stereocenters. The zero-order valence-corrected chi connectivity index (χ0v) is 12.2. The van der Waals surface area contributed by atoms with Crippen molar-refractivity contribution < 1.29 is 14.9 Å². The predicted octanol–water partition coefficient (Wildman–Crippen LogP) is 3.93. The van der Waals surface area contributed by atoms with Gasteiger partial charge in [-0.05, 0) is 49.2 Å². The molecule has 0 radical (unpaired) electrons. The molecule has 0 aliphatic heterocycles. The molecule has 2 rings (SSSR count). The number of allylic oxidation sites excluding steroid dienone is 1. The highest BCUT2D eigenvalue weighted by Gasteiger charge is 2.18. The van der Waals surface area contributed by atoms with E-state index in [0.29, 0.717) is 11.3 Å². The number of hydrogen-bond acceptors (Lipinski definition) is 3. The molecule has 2 atom stereocenters. The molecule has 2 aromatic rings. The number of aromatic hydroxyl groups is 1. The molecule has 0 saturated heterocycles. The monoisotopic (exact) mass is 284 g/mol. The predicted molar refractivity (Wildman–Crippen MR) is 84.3 cm³/mol. The number of phenolic OH excluding ortho intramolecular Hbond substituents is 1. The molecule has 0 heterocycles. The molecule has 0 spiro atoms. The van der Waals surface area contributed by atoms with Gasteiger partial charge in [-0.3, -0.25) is 0 Å². The maximum atomic E-state index is 10.3. The number of hydrogen-bond donors (Lipinski definition) is 2. The molecule has 3 heteroatoms. The summed E-state index contributed by atoms with van der Waals surface area (Å²) in [6.07, 6.45) is 2.86. The van der Waals surface area contributed by atoms with Gasteiger partial charge in [0.15, 0.2) is 0 Å². The molecular weight excluding hydrogens is 264 g/mol. The minimum Gasteiger partial charge on any atom is -0.508 e. The van der Waals surface area contributed by atoms with Crippen molar-refractivity contribution in [1.82, 2.24) is 0 Å². The summed E-state index contributed by atoms with van der Waals surface area (Å²) in [6.45, 7) is 3.79. The number of phenols is 1. The minimum atomic E-state index is -0.749. The number of rotatable bonds is 5. The summed E-state index contributed by atoms with van der Waals surface area (Å²) in [5, 5.41) is 19.5. The summed E-state index contributed by atoms with van der Waals surface area (Å²) >= 11 is 0. The van der Waals surface area contributed by atoms with Crippen LogP contribution in [-0.4, -0.2) is 16.3 Å². The molecule has 0 amide bonds. The molecule has 0 bridgehead atoms. The van der Waals surface area contributed by atoms with Crippen LogP contribution in [0.5, 0.6) is 11.5 Å². The Bertz CT molecular complexity index is 585. The van der Waals surface area contributed by atoms with Crippen LogP contribution >= 0.6 is 0 Å². The molecule has 0 saturated carbocycles. The number of aliphatic hydroxyl groups excluding tert-OH is 1. The quantitative estimate of drug-likeness (QED) is 0.874. The third-order valence-electron chi connectivity index (χ3n) is 3.24. The van der Waals surface area contributed by atoms with Crippen LogP contribution in [-0.2, 0) is 0 Å². The van der Waals surface area contributed by atoms with Gasteiger partial charge in [-0.15, -0.1) is 0 Å². The van der Waals surface area contributed by atoms with Gasteiger partial charge in [0.25, 0.3) is 0 Å². The first-order valence-electron chi connectivity index (χ1n) is 6.96. The second kappa shape index (κ2) is 6.95. The molecule has 0 fully saturated rings. The molecule has 0 aliphatic carbocycles. The van der Waals surface area contributed by atoms with Crippen molar-refractivity contribution in [2.45, 2.75) is 26.1 Å². The fourth-order valence-corrected chi connectivity index (χ4v) is 2.07. The highest BCUT2D eigenvalue weighted by Crippen LogP contribution is 2.23. The van der Waals surface area contributed by atoms with Gasteiger partial charge >= 0.3 is 0 Å².